The number of aryl methyl sites for hydroxylation is 8. The van der Waals surface area contributed by atoms with Crippen molar-refractivity contribution in [1.82, 2.24) is 0 Å². The van der Waals surface area contributed by atoms with Crippen LogP contribution in [0.15, 0.2) is 109 Å². The largest absolute Gasteiger partial charge is 0.0763 e. The highest BCUT2D eigenvalue weighted by Gasteiger charge is 2.34. The molecule has 1 unspecified atom stereocenters. The Morgan fingerprint density at radius 2 is 0.907 bits per heavy atom. The van der Waals surface area contributed by atoms with Crippen LogP contribution in [0.4, 0.5) is 0 Å². The maximum Gasteiger partial charge on any atom is 0.0169 e. The number of rotatable bonds is 7. The molecule has 0 amide bonds. The topological polar surface area (TPSA) is 0 Å². The van der Waals surface area contributed by atoms with Crippen molar-refractivity contribution >= 4 is 66.2 Å². The standard InChI is InChI=1S/C52H52P2/c1-33-21-34(2)26-43(25-33)53(44-27-35(3)22-36(4)28-44)49-19-17-41-13-9-11-15-47(41)51(49)52-48-16-12-10-14-42(48)18-20-50(52)54(45-29-37(5)23-38(6)30-45)46-31-39(7)24-40(8)32-46/h9,11,13-18,20-32,49H,10,12,19H2,1-8H3. The van der Waals surface area contributed by atoms with Gasteiger partial charge in [0.05, 0.1) is 0 Å². The summed E-state index contributed by atoms with van der Waals surface area (Å²) >= 11 is 0. The van der Waals surface area contributed by atoms with Gasteiger partial charge in [-0.1, -0.05) is 172 Å². The van der Waals surface area contributed by atoms with Gasteiger partial charge < -0.3 is 0 Å². The third-order valence-electron chi connectivity index (χ3n) is 11.0. The van der Waals surface area contributed by atoms with Gasteiger partial charge in [0.15, 0.2) is 0 Å². The summed E-state index contributed by atoms with van der Waals surface area (Å²) in [5.41, 5.74) is 14.0. The lowest BCUT2D eigenvalue weighted by Crippen LogP contribution is -2.44. The van der Waals surface area contributed by atoms with Crippen molar-refractivity contribution in [1.29, 1.82) is 0 Å². The molecule has 6 aromatic rings. The van der Waals surface area contributed by atoms with E-state index in [9.17, 15) is 0 Å². The van der Waals surface area contributed by atoms with Crippen LogP contribution in [0.2, 0.25) is 0 Å². The van der Waals surface area contributed by atoms with Gasteiger partial charge in [0, 0.05) is 5.66 Å². The molecule has 8 rings (SSSR count). The zero-order valence-corrected chi connectivity index (χ0v) is 35.0. The molecule has 0 bridgehead atoms. The summed E-state index contributed by atoms with van der Waals surface area (Å²) in [6.45, 7) is 18.2. The Morgan fingerprint density at radius 3 is 1.43 bits per heavy atom. The van der Waals surface area contributed by atoms with Crippen molar-refractivity contribution in [2.24, 2.45) is 0 Å². The maximum atomic E-state index is 2.57. The second kappa shape index (κ2) is 15.1. The van der Waals surface area contributed by atoms with E-state index in [1.54, 1.807) is 0 Å². The molecule has 0 heterocycles. The molecule has 0 radical (unpaired) electrons. The molecule has 1 atom stereocenters. The van der Waals surface area contributed by atoms with Crippen LogP contribution < -0.4 is 47.4 Å². The molecule has 270 valence electrons. The fourth-order valence-corrected chi connectivity index (χ4v) is 15.3. The lowest BCUT2D eigenvalue weighted by molar-refractivity contribution is 1.07. The van der Waals surface area contributed by atoms with Crippen LogP contribution in [0.25, 0.3) is 23.8 Å². The predicted molar refractivity (Wildman–Crippen MR) is 241 cm³/mol. The van der Waals surface area contributed by atoms with Crippen molar-refractivity contribution in [2.45, 2.75) is 80.3 Å². The molecule has 0 saturated heterocycles. The Labute approximate surface area is 325 Å². The third-order valence-corrected chi connectivity index (χ3v) is 16.1. The SMILES string of the molecule is Cc1cc(C)cc(P(c2cc(C)cc(C)c2)c2ccc3c(c2C2=c4ccccc4=CCC2P(c2cc(C)cc(C)c2)c2cc(C)cc(C)c2)=CCCC=3)c1. The Hall–Kier alpha value is -4.34. The van der Waals surface area contributed by atoms with E-state index < -0.39 is 15.8 Å². The monoisotopic (exact) mass is 738 g/mol. The minimum atomic E-state index is -0.886. The van der Waals surface area contributed by atoms with Gasteiger partial charge >= 0.3 is 0 Å². The van der Waals surface area contributed by atoms with Gasteiger partial charge in [-0.15, -0.1) is 0 Å². The van der Waals surface area contributed by atoms with Gasteiger partial charge in [-0.3, -0.25) is 0 Å². The molecule has 6 aromatic carbocycles. The number of hydrogen-bond donors (Lipinski definition) is 0. The Morgan fingerprint density at radius 1 is 0.444 bits per heavy atom. The van der Waals surface area contributed by atoms with Crippen molar-refractivity contribution in [3.63, 3.8) is 0 Å². The molecule has 2 aliphatic rings. The van der Waals surface area contributed by atoms with E-state index in [0.717, 1.165) is 19.3 Å². The molecule has 0 nitrogen and oxygen atoms in total. The summed E-state index contributed by atoms with van der Waals surface area (Å²) in [5, 5.41) is 12.9. The predicted octanol–water partition coefficient (Wildman–Crippen LogP) is 8.15. The van der Waals surface area contributed by atoms with E-state index in [1.165, 1.54) is 103 Å². The molecule has 54 heavy (non-hydrogen) atoms. The number of fused-ring (bicyclic) bond motifs is 2. The van der Waals surface area contributed by atoms with Gasteiger partial charge in [0.25, 0.3) is 0 Å². The van der Waals surface area contributed by atoms with E-state index in [2.05, 4.69) is 183 Å². The Bertz CT molecular complexity index is 2510. The normalized spacial score (nSPS) is 15.0. The van der Waals surface area contributed by atoms with Crippen LogP contribution in [0.1, 0.15) is 69.3 Å². The first-order chi connectivity index (χ1) is 26.0. The molecule has 0 fully saturated rings. The average Bonchev–Trinajstić information content (AvgIpc) is 3.10. The molecule has 0 saturated carbocycles. The summed E-state index contributed by atoms with van der Waals surface area (Å²) in [6.07, 6.45) is 10.8. The average molecular weight is 739 g/mol. The highest BCUT2D eigenvalue weighted by molar-refractivity contribution is 7.80. The summed E-state index contributed by atoms with van der Waals surface area (Å²) < 4.78 is 0. The third kappa shape index (κ3) is 7.25. The first-order valence-corrected chi connectivity index (χ1v) is 22.3. The first kappa shape index (κ1) is 36.6. The zero-order valence-electron chi connectivity index (χ0n) is 33.2. The van der Waals surface area contributed by atoms with Crippen molar-refractivity contribution in [3.8, 4) is 0 Å². The highest BCUT2D eigenvalue weighted by atomic mass is 31.1. The van der Waals surface area contributed by atoms with Crippen LogP contribution in [-0.4, -0.2) is 5.66 Å². The Kier molecular flexibility index (Phi) is 10.2. The van der Waals surface area contributed by atoms with Crippen molar-refractivity contribution < 1.29 is 0 Å². The van der Waals surface area contributed by atoms with Crippen LogP contribution in [0.5, 0.6) is 0 Å². The molecule has 0 spiro atoms. The van der Waals surface area contributed by atoms with E-state index in [0.29, 0.717) is 5.66 Å². The lowest BCUT2D eigenvalue weighted by Gasteiger charge is -2.35. The minimum absolute atomic E-state index is 0.299. The fourth-order valence-electron chi connectivity index (χ4n) is 9.23. The quantitative estimate of drug-likeness (QED) is 0.145. The zero-order chi connectivity index (χ0) is 37.7. The fraction of sp³-hybridized carbons (Fsp3) is 0.231. The molecule has 2 aliphatic carbocycles. The molecular formula is C52H52P2. The molecule has 2 heteroatoms. The van der Waals surface area contributed by atoms with E-state index in [-0.39, 0.29) is 0 Å². The van der Waals surface area contributed by atoms with E-state index >= 15 is 0 Å². The second-order valence-corrected chi connectivity index (χ2v) is 20.6. The highest BCUT2D eigenvalue weighted by Crippen LogP contribution is 2.49. The number of hydrogen-bond acceptors (Lipinski definition) is 0. The molecule has 0 N–H and O–H groups in total. The van der Waals surface area contributed by atoms with Crippen LogP contribution >= 0.6 is 15.8 Å². The van der Waals surface area contributed by atoms with E-state index in [1.807, 2.05) is 0 Å². The first-order valence-electron chi connectivity index (χ1n) is 19.6. The maximum absolute atomic E-state index is 2.57. The van der Waals surface area contributed by atoms with Gasteiger partial charge in [-0.2, -0.15) is 0 Å². The van der Waals surface area contributed by atoms with Crippen LogP contribution in [0.3, 0.4) is 0 Å². The minimum Gasteiger partial charge on any atom is -0.0763 e. The molecule has 0 aliphatic heterocycles. The summed E-state index contributed by atoms with van der Waals surface area (Å²) in [6, 6.07) is 43.4. The van der Waals surface area contributed by atoms with Crippen LogP contribution in [0, 0.1) is 55.4 Å². The summed E-state index contributed by atoms with van der Waals surface area (Å²) in [4.78, 5) is 0. The van der Waals surface area contributed by atoms with Gasteiger partial charge in [0.1, 0.15) is 0 Å². The van der Waals surface area contributed by atoms with Crippen molar-refractivity contribution in [3.05, 3.63) is 180 Å². The smallest absolute Gasteiger partial charge is 0.0169 e. The molecule has 0 aromatic heterocycles. The van der Waals surface area contributed by atoms with Crippen molar-refractivity contribution in [2.75, 3.05) is 0 Å². The van der Waals surface area contributed by atoms with Gasteiger partial charge in [0.2, 0.25) is 0 Å². The van der Waals surface area contributed by atoms with Crippen LogP contribution in [-0.2, 0) is 0 Å². The van der Waals surface area contributed by atoms with E-state index in [4.69, 9.17) is 0 Å². The second-order valence-electron chi connectivity index (χ2n) is 16.0. The Balaban J connectivity index is 1.52. The molecular weight excluding hydrogens is 687 g/mol. The number of benzene rings is 6. The summed E-state index contributed by atoms with van der Waals surface area (Å²) in [5.74, 6) is 0. The van der Waals surface area contributed by atoms with Gasteiger partial charge in [-0.05, 0) is 149 Å². The lowest BCUT2D eigenvalue weighted by atomic mass is 9.90. The van der Waals surface area contributed by atoms with Gasteiger partial charge in [-0.25, -0.2) is 0 Å². The summed E-state index contributed by atoms with van der Waals surface area (Å²) in [7, 11) is -1.67.